The predicted molar refractivity (Wildman–Crippen MR) is 203 cm³/mol. The molecule has 2 aliphatic heterocycles. The van der Waals surface area contributed by atoms with Gasteiger partial charge in [0.1, 0.15) is 29.4 Å². The fraction of sp³-hybridized carbons (Fsp3) is 0.474. The second-order valence-electron chi connectivity index (χ2n) is 13.7. The Morgan fingerprint density at radius 1 is 0.804 bits per heavy atom. The molecule has 4 N–H and O–H groups in total. The van der Waals surface area contributed by atoms with Gasteiger partial charge < -0.3 is 44.6 Å². The number of likely N-dealkylation sites (tertiary alicyclic amines) is 2. The molecule has 298 valence electrons. The van der Waals surface area contributed by atoms with Gasteiger partial charge in [-0.15, -0.1) is 0 Å². The highest BCUT2D eigenvalue weighted by molar-refractivity contribution is 6.05. The zero-order chi connectivity index (χ0) is 39.6. The minimum atomic E-state index is -0.851. The van der Waals surface area contributed by atoms with Gasteiger partial charge in [-0.2, -0.15) is 0 Å². The number of piperidine rings is 2. The number of carbonyl (C=O) groups excluding carboxylic acids is 4. The minimum Gasteiger partial charge on any atom is -0.473 e. The second-order valence-corrected chi connectivity index (χ2v) is 13.7. The first-order valence-electron chi connectivity index (χ1n) is 18.7. The molecule has 56 heavy (non-hydrogen) atoms. The molecule has 4 aromatic heterocycles. The van der Waals surface area contributed by atoms with Crippen molar-refractivity contribution in [3.05, 3.63) is 61.2 Å². The summed E-state index contributed by atoms with van der Waals surface area (Å²) in [4.78, 5) is 75.0. The first-order chi connectivity index (χ1) is 27.1. The molecule has 0 spiro atoms. The maximum atomic E-state index is 13.4. The number of H-pyrrole nitrogens is 2. The van der Waals surface area contributed by atoms with E-state index in [-0.39, 0.29) is 41.9 Å². The predicted octanol–water partition coefficient (Wildman–Crippen LogP) is 3.02. The van der Waals surface area contributed by atoms with E-state index in [0.29, 0.717) is 129 Å². The summed E-state index contributed by atoms with van der Waals surface area (Å²) in [6.45, 7) is 10.3. The van der Waals surface area contributed by atoms with E-state index >= 15 is 0 Å². The van der Waals surface area contributed by atoms with Gasteiger partial charge in [0.05, 0.1) is 30.1 Å². The number of alkyl halides is 1. The zero-order valence-corrected chi connectivity index (χ0v) is 31.3. The van der Waals surface area contributed by atoms with Crippen molar-refractivity contribution in [2.24, 2.45) is 0 Å². The van der Waals surface area contributed by atoms with Crippen LogP contribution in [0.15, 0.2) is 50.1 Å². The highest BCUT2D eigenvalue weighted by Crippen LogP contribution is 2.25. The zero-order valence-electron chi connectivity index (χ0n) is 31.3. The molecule has 1 saturated carbocycles. The van der Waals surface area contributed by atoms with Crippen molar-refractivity contribution in [1.82, 2.24) is 50.3 Å². The number of methoxy groups -OCH3 is 1. The van der Waals surface area contributed by atoms with Gasteiger partial charge in [-0.1, -0.05) is 13.2 Å². The van der Waals surface area contributed by atoms with E-state index in [4.69, 9.17) is 14.2 Å². The molecule has 3 aliphatic rings. The maximum Gasteiger partial charge on any atom is 0.255 e. The lowest BCUT2D eigenvalue weighted by atomic mass is 10.1. The molecule has 17 nitrogen and oxygen atoms in total. The standard InChI is InChI=1S/C20H24FN5O3.C18H23N5O4/c1-2-17(27)26-7-5-14(6-8-26)29-16-11-23-19-18(25-16)15(10-22-19)20(28)24-13-4-3-12(21)9-13;1-3-15(24)23-7-4-12(5-8-23)27-14-11-21-17-16(22-14)13(10-20-17)18(25)19-6-9-26-2/h2,10-14H,1,3-9H2,(H,22,23)(H,24,28);3,10-12H,1,4-9H2,2H3,(H,19,25)(H,20,21)/t12-,13-;/m0./s1. The fourth-order valence-electron chi connectivity index (χ4n) is 6.88. The highest BCUT2D eigenvalue weighted by Gasteiger charge is 2.28. The molecule has 1 aliphatic carbocycles. The van der Waals surface area contributed by atoms with Crippen molar-refractivity contribution in [2.45, 2.75) is 69.4 Å². The number of rotatable bonds is 12. The van der Waals surface area contributed by atoms with E-state index < -0.39 is 6.17 Å². The molecule has 6 heterocycles. The van der Waals surface area contributed by atoms with Crippen LogP contribution in [0.25, 0.3) is 22.3 Å². The Balaban J connectivity index is 0.000000190. The lowest BCUT2D eigenvalue weighted by molar-refractivity contribution is -0.128. The van der Waals surface area contributed by atoms with E-state index in [2.05, 4.69) is 53.7 Å². The van der Waals surface area contributed by atoms with Gasteiger partial charge in [0.2, 0.25) is 23.6 Å². The molecule has 7 rings (SSSR count). The molecular formula is C38H47FN10O7. The van der Waals surface area contributed by atoms with Crippen molar-refractivity contribution >= 4 is 46.0 Å². The number of aromatic amines is 2. The number of aromatic nitrogens is 6. The second kappa shape index (κ2) is 18.6. The Morgan fingerprint density at radius 3 is 1.75 bits per heavy atom. The maximum absolute atomic E-state index is 13.4. The van der Waals surface area contributed by atoms with E-state index in [9.17, 15) is 23.6 Å². The van der Waals surface area contributed by atoms with Crippen LogP contribution in [-0.4, -0.2) is 134 Å². The molecule has 2 atom stereocenters. The van der Waals surface area contributed by atoms with Gasteiger partial charge in [0.15, 0.2) is 11.3 Å². The number of hydrogen-bond donors (Lipinski definition) is 4. The van der Waals surface area contributed by atoms with Crippen LogP contribution in [0.1, 0.15) is 65.7 Å². The lowest BCUT2D eigenvalue weighted by Gasteiger charge is -2.31. The van der Waals surface area contributed by atoms with E-state index in [1.54, 1.807) is 29.3 Å². The average molecular weight is 775 g/mol. The summed E-state index contributed by atoms with van der Waals surface area (Å²) >= 11 is 0. The highest BCUT2D eigenvalue weighted by atomic mass is 19.1. The van der Waals surface area contributed by atoms with Crippen LogP contribution in [0.3, 0.4) is 0 Å². The third-order valence-electron chi connectivity index (χ3n) is 9.93. The topological polar surface area (TPSA) is 210 Å². The molecule has 4 amide bonds. The number of amides is 4. The van der Waals surface area contributed by atoms with Crippen LogP contribution in [0.5, 0.6) is 11.8 Å². The third kappa shape index (κ3) is 9.84. The number of ether oxygens (including phenoxy) is 3. The number of halogens is 1. The van der Waals surface area contributed by atoms with E-state index in [1.807, 2.05) is 0 Å². The normalized spacial score (nSPS) is 18.9. The molecule has 18 heteroatoms. The molecule has 0 unspecified atom stereocenters. The number of hydrogen-bond acceptors (Lipinski definition) is 11. The molecule has 3 fully saturated rings. The van der Waals surface area contributed by atoms with E-state index in [1.165, 1.54) is 24.5 Å². The molecule has 4 aromatic rings. The molecule has 0 radical (unpaired) electrons. The summed E-state index contributed by atoms with van der Waals surface area (Å²) in [6, 6.07) is -0.154. The molecule has 0 aromatic carbocycles. The largest absolute Gasteiger partial charge is 0.473 e. The minimum absolute atomic E-state index is 0.0523. The fourth-order valence-corrected chi connectivity index (χ4v) is 6.88. The molecule has 2 saturated heterocycles. The van der Waals surface area contributed by atoms with Gasteiger partial charge in [0, 0.05) is 84.0 Å². The van der Waals surface area contributed by atoms with Crippen molar-refractivity contribution in [3.8, 4) is 11.8 Å². The van der Waals surface area contributed by atoms with Crippen molar-refractivity contribution < 1.29 is 37.8 Å². The molecule has 0 bridgehead atoms. The van der Waals surface area contributed by atoms with Gasteiger partial charge >= 0.3 is 0 Å². The van der Waals surface area contributed by atoms with Crippen LogP contribution >= 0.6 is 0 Å². The first kappa shape index (κ1) is 39.8. The summed E-state index contributed by atoms with van der Waals surface area (Å²) in [7, 11) is 1.57. The van der Waals surface area contributed by atoms with Gasteiger partial charge in [0.25, 0.3) is 11.8 Å². The Bertz CT molecular complexity index is 2040. The number of fused-ring (bicyclic) bond motifs is 2. The molecular weight excluding hydrogens is 727 g/mol. The van der Waals surface area contributed by atoms with Crippen LogP contribution in [0.4, 0.5) is 4.39 Å². The summed E-state index contributed by atoms with van der Waals surface area (Å²) in [5.74, 6) is 0.0185. The van der Waals surface area contributed by atoms with E-state index in [0.717, 1.165) is 0 Å². The summed E-state index contributed by atoms with van der Waals surface area (Å²) < 4.78 is 30.2. The van der Waals surface area contributed by atoms with Crippen molar-refractivity contribution in [3.63, 3.8) is 0 Å². The third-order valence-corrected chi connectivity index (χ3v) is 9.93. The number of nitrogens with one attached hydrogen (secondary N) is 4. The van der Waals surface area contributed by atoms with Crippen LogP contribution in [0.2, 0.25) is 0 Å². The number of carbonyl (C=O) groups is 4. The summed E-state index contributed by atoms with van der Waals surface area (Å²) in [5, 5.41) is 5.63. The van der Waals surface area contributed by atoms with Crippen molar-refractivity contribution in [1.29, 1.82) is 0 Å². The summed E-state index contributed by atoms with van der Waals surface area (Å²) in [5.41, 5.74) is 2.67. The monoisotopic (exact) mass is 774 g/mol. The van der Waals surface area contributed by atoms with Crippen LogP contribution in [0, 0.1) is 0 Å². The van der Waals surface area contributed by atoms with Crippen LogP contribution in [-0.2, 0) is 14.3 Å². The summed E-state index contributed by atoms with van der Waals surface area (Å²) in [6.07, 6.45) is 12.1. The quantitative estimate of drug-likeness (QED) is 0.121. The lowest BCUT2D eigenvalue weighted by Crippen LogP contribution is -2.41. The van der Waals surface area contributed by atoms with Crippen molar-refractivity contribution in [2.75, 3.05) is 46.4 Å². The number of nitrogens with zero attached hydrogens (tertiary/aromatic N) is 6. The van der Waals surface area contributed by atoms with Crippen LogP contribution < -0.4 is 20.1 Å². The van der Waals surface area contributed by atoms with Gasteiger partial charge in [-0.05, 0) is 31.4 Å². The van der Waals surface area contributed by atoms with Gasteiger partial charge in [-0.25, -0.2) is 24.3 Å². The Hall–Kier alpha value is -5.91. The average Bonchev–Trinajstić information content (AvgIpc) is 3.96. The Morgan fingerprint density at radius 2 is 1.30 bits per heavy atom. The Labute approximate surface area is 322 Å². The smallest absolute Gasteiger partial charge is 0.255 e. The first-order valence-corrected chi connectivity index (χ1v) is 18.7. The van der Waals surface area contributed by atoms with Gasteiger partial charge in [-0.3, -0.25) is 19.2 Å². The SMILES string of the molecule is C=CC(=O)N1CCC(Oc2cnc3[nH]cc(C(=O)NCCOC)c3n2)CC1.C=CC(=O)N1CCC(Oc2cnc3[nH]cc(C(=O)N[C@H]4CC[C@H](F)C4)c3n2)CC1. The Kier molecular flexibility index (Phi) is 13.2.